The Bertz CT molecular complexity index is 408. The molecule has 1 saturated heterocycles. The van der Waals surface area contributed by atoms with Crippen molar-refractivity contribution in [2.24, 2.45) is 5.92 Å². The normalized spacial score (nSPS) is 20.3. The number of aliphatic hydroxyl groups excluding tert-OH is 1. The van der Waals surface area contributed by atoms with Gasteiger partial charge < -0.3 is 15.1 Å². The first-order chi connectivity index (χ1) is 8.22. The lowest BCUT2D eigenvalue weighted by atomic mass is 9.98. The lowest BCUT2D eigenvalue weighted by Gasteiger charge is -2.34. The van der Waals surface area contributed by atoms with Gasteiger partial charge in [-0.15, -0.1) is 0 Å². The first kappa shape index (κ1) is 11.9. The van der Waals surface area contributed by atoms with Crippen molar-refractivity contribution in [3.05, 3.63) is 24.0 Å². The molecule has 1 aromatic rings. The Morgan fingerprint density at radius 2 is 2.41 bits per heavy atom. The first-order valence-electron chi connectivity index (χ1n) is 5.75. The zero-order valence-corrected chi connectivity index (χ0v) is 9.54. The van der Waals surface area contributed by atoms with Crippen molar-refractivity contribution in [1.82, 2.24) is 4.98 Å². The summed E-state index contributed by atoms with van der Waals surface area (Å²) in [5, 5.41) is 18.3. The van der Waals surface area contributed by atoms with Gasteiger partial charge in [0.15, 0.2) is 0 Å². The average molecular weight is 236 g/mol. The summed E-state index contributed by atoms with van der Waals surface area (Å²) in [6.07, 6.45) is 4.96. The average Bonchev–Trinajstić information content (AvgIpc) is 2.39. The summed E-state index contributed by atoms with van der Waals surface area (Å²) in [6, 6.07) is 1.73. The van der Waals surface area contributed by atoms with E-state index in [0.717, 1.165) is 19.4 Å². The third-order valence-electron chi connectivity index (χ3n) is 3.15. The molecule has 5 nitrogen and oxygen atoms in total. The van der Waals surface area contributed by atoms with Crippen LogP contribution in [0.25, 0.3) is 0 Å². The van der Waals surface area contributed by atoms with Gasteiger partial charge in [-0.1, -0.05) is 0 Å². The highest BCUT2D eigenvalue weighted by Crippen LogP contribution is 2.25. The van der Waals surface area contributed by atoms with Crippen LogP contribution >= 0.6 is 0 Å². The second kappa shape index (κ2) is 5.14. The van der Waals surface area contributed by atoms with Crippen molar-refractivity contribution in [2.45, 2.75) is 12.8 Å². The number of aromatic nitrogens is 1. The number of carboxylic acid groups (broad SMARTS) is 1. The molecule has 1 unspecified atom stereocenters. The van der Waals surface area contributed by atoms with Gasteiger partial charge in [0, 0.05) is 32.1 Å². The Kier molecular flexibility index (Phi) is 3.58. The molecular weight excluding hydrogens is 220 g/mol. The fourth-order valence-corrected chi connectivity index (χ4v) is 2.26. The van der Waals surface area contributed by atoms with Crippen LogP contribution in [0, 0.1) is 5.92 Å². The summed E-state index contributed by atoms with van der Waals surface area (Å²) in [5.74, 6) is -0.724. The van der Waals surface area contributed by atoms with Gasteiger partial charge >= 0.3 is 5.97 Å². The van der Waals surface area contributed by atoms with Crippen molar-refractivity contribution in [3.63, 3.8) is 0 Å². The van der Waals surface area contributed by atoms with E-state index in [1.165, 1.54) is 6.20 Å². The molecule has 0 amide bonds. The minimum absolute atomic E-state index is 0.157. The third-order valence-corrected chi connectivity index (χ3v) is 3.15. The molecule has 2 N–H and O–H groups in total. The maximum atomic E-state index is 11.1. The van der Waals surface area contributed by atoms with Gasteiger partial charge in [-0.2, -0.15) is 0 Å². The summed E-state index contributed by atoms with van der Waals surface area (Å²) in [7, 11) is 0. The number of anilines is 1. The molecule has 0 spiro atoms. The number of carboxylic acids is 1. The second-order valence-electron chi connectivity index (χ2n) is 4.33. The molecule has 1 aromatic heterocycles. The predicted octanol–water partition coefficient (Wildman–Crippen LogP) is 0.988. The van der Waals surface area contributed by atoms with Crippen LogP contribution < -0.4 is 4.90 Å². The zero-order valence-electron chi connectivity index (χ0n) is 9.54. The molecule has 2 heterocycles. The summed E-state index contributed by atoms with van der Waals surface area (Å²) >= 11 is 0. The van der Waals surface area contributed by atoms with E-state index in [2.05, 4.69) is 4.98 Å². The molecule has 5 heteroatoms. The van der Waals surface area contributed by atoms with E-state index < -0.39 is 5.97 Å². The van der Waals surface area contributed by atoms with E-state index >= 15 is 0 Å². The number of nitrogens with zero attached hydrogens (tertiary/aromatic N) is 2. The molecular formula is C12H16N2O3. The Morgan fingerprint density at radius 3 is 3.12 bits per heavy atom. The molecule has 1 aliphatic heterocycles. The van der Waals surface area contributed by atoms with E-state index in [4.69, 9.17) is 5.11 Å². The van der Waals surface area contributed by atoms with E-state index in [9.17, 15) is 9.90 Å². The molecule has 0 radical (unpaired) electrons. The molecule has 0 aliphatic carbocycles. The van der Waals surface area contributed by atoms with Crippen LogP contribution in [0.3, 0.4) is 0 Å². The van der Waals surface area contributed by atoms with Crippen LogP contribution in [0.5, 0.6) is 0 Å². The summed E-state index contributed by atoms with van der Waals surface area (Å²) in [5.41, 5.74) is 0.928. The zero-order chi connectivity index (χ0) is 12.3. The van der Waals surface area contributed by atoms with Gasteiger partial charge in [-0.05, 0) is 24.8 Å². The van der Waals surface area contributed by atoms with E-state index in [-0.39, 0.29) is 18.1 Å². The van der Waals surface area contributed by atoms with Crippen LogP contribution in [0.15, 0.2) is 18.5 Å². The van der Waals surface area contributed by atoms with Gasteiger partial charge in [0.2, 0.25) is 0 Å². The lowest BCUT2D eigenvalue weighted by molar-refractivity contribution is 0.0697. The fraction of sp³-hybridized carbons (Fsp3) is 0.500. The molecule has 2 rings (SSSR count). The van der Waals surface area contributed by atoms with Gasteiger partial charge in [0.1, 0.15) is 5.56 Å². The molecule has 1 aliphatic rings. The standard InChI is InChI=1S/C12H16N2O3/c15-8-9-2-1-5-14(7-9)11-3-4-13-6-10(11)12(16)17/h3-4,6,9,15H,1-2,5,7-8H2,(H,16,17). The second-order valence-corrected chi connectivity index (χ2v) is 4.33. The van der Waals surface area contributed by atoms with Gasteiger partial charge in [-0.3, -0.25) is 4.98 Å². The van der Waals surface area contributed by atoms with Gasteiger partial charge in [0.25, 0.3) is 0 Å². The van der Waals surface area contributed by atoms with Crippen molar-refractivity contribution in [3.8, 4) is 0 Å². The van der Waals surface area contributed by atoms with Crippen molar-refractivity contribution in [2.75, 3.05) is 24.6 Å². The topological polar surface area (TPSA) is 73.7 Å². The molecule has 1 atom stereocenters. The number of rotatable bonds is 3. The van der Waals surface area contributed by atoms with Crippen LogP contribution in [-0.2, 0) is 0 Å². The highest BCUT2D eigenvalue weighted by molar-refractivity contribution is 5.94. The lowest BCUT2D eigenvalue weighted by Crippen LogP contribution is -2.37. The first-order valence-corrected chi connectivity index (χ1v) is 5.75. The van der Waals surface area contributed by atoms with Crippen molar-refractivity contribution >= 4 is 11.7 Å². The minimum atomic E-state index is -0.959. The van der Waals surface area contributed by atoms with Crippen molar-refractivity contribution < 1.29 is 15.0 Å². The molecule has 1 fully saturated rings. The maximum absolute atomic E-state index is 11.1. The summed E-state index contributed by atoms with van der Waals surface area (Å²) in [4.78, 5) is 17.0. The monoisotopic (exact) mass is 236 g/mol. The van der Waals surface area contributed by atoms with E-state index in [0.29, 0.717) is 12.2 Å². The van der Waals surface area contributed by atoms with Crippen LogP contribution in [0.1, 0.15) is 23.2 Å². The minimum Gasteiger partial charge on any atom is -0.478 e. The van der Waals surface area contributed by atoms with Gasteiger partial charge in [0.05, 0.1) is 5.69 Å². The van der Waals surface area contributed by atoms with Crippen LogP contribution in [0.4, 0.5) is 5.69 Å². The maximum Gasteiger partial charge on any atom is 0.339 e. The molecule has 0 aromatic carbocycles. The number of aliphatic hydroxyl groups is 1. The van der Waals surface area contributed by atoms with E-state index in [1.54, 1.807) is 12.3 Å². The third kappa shape index (κ3) is 2.55. The highest BCUT2D eigenvalue weighted by Gasteiger charge is 2.22. The summed E-state index contributed by atoms with van der Waals surface area (Å²) < 4.78 is 0. The Morgan fingerprint density at radius 1 is 1.59 bits per heavy atom. The largest absolute Gasteiger partial charge is 0.478 e. The summed E-state index contributed by atoms with van der Waals surface area (Å²) in [6.45, 7) is 1.70. The number of pyridine rings is 1. The number of hydrogen-bond acceptors (Lipinski definition) is 4. The number of aromatic carboxylic acids is 1. The van der Waals surface area contributed by atoms with Crippen molar-refractivity contribution in [1.29, 1.82) is 0 Å². The highest BCUT2D eigenvalue weighted by atomic mass is 16.4. The van der Waals surface area contributed by atoms with Crippen LogP contribution in [-0.4, -0.2) is 40.9 Å². The number of carbonyl (C=O) groups is 1. The Labute approximate surface area is 99.7 Å². The Hall–Kier alpha value is -1.62. The van der Waals surface area contributed by atoms with E-state index in [1.807, 2.05) is 4.90 Å². The predicted molar refractivity (Wildman–Crippen MR) is 63.2 cm³/mol. The molecule has 0 saturated carbocycles. The molecule has 17 heavy (non-hydrogen) atoms. The van der Waals surface area contributed by atoms with Crippen LogP contribution in [0.2, 0.25) is 0 Å². The quantitative estimate of drug-likeness (QED) is 0.818. The number of hydrogen-bond donors (Lipinski definition) is 2. The molecule has 92 valence electrons. The fourth-order valence-electron chi connectivity index (χ4n) is 2.26. The Balaban J connectivity index is 2.24. The number of piperidine rings is 1. The smallest absolute Gasteiger partial charge is 0.339 e. The molecule has 0 bridgehead atoms. The van der Waals surface area contributed by atoms with Gasteiger partial charge in [-0.25, -0.2) is 4.79 Å². The SMILES string of the molecule is O=C(O)c1cnccc1N1CCCC(CO)C1.